The van der Waals surface area contributed by atoms with Crippen molar-refractivity contribution < 1.29 is 4.74 Å². The summed E-state index contributed by atoms with van der Waals surface area (Å²) in [4.78, 5) is 8.34. The molecule has 1 aromatic heterocycles. The molecule has 90 valence electrons. The van der Waals surface area contributed by atoms with Crippen LogP contribution in [0.3, 0.4) is 0 Å². The second-order valence-corrected chi connectivity index (χ2v) is 4.98. The number of ether oxygens (including phenoxy) is 1. The van der Waals surface area contributed by atoms with Gasteiger partial charge in [0.2, 0.25) is 5.88 Å². The fraction of sp³-hybridized carbons (Fsp3) is 0.692. The highest BCUT2D eigenvalue weighted by atomic mass is 16.5. The van der Waals surface area contributed by atoms with E-state index in [1.54, 1.807) is 6.33 Å². The fourth-order valence-corrected chi connectivity index (χ4v) is 1.39. The molecule has 1 rings (SSSR count). The molecule has 0 amide bonds. The zero-order chi connectivity index (χ0) is 12.0. The van der Waals surface area contributed by atoms with Gasteiger partial charge in [0.15, 0.2) is 0 Å². The molecule has 0 N–H and O–H groups in total. The molecule has 0 spiro atoms. The average Bonchev–Trinajstić information content (AvgIpc) is 2.16. The van der Waals surface area contributed by atoms with Crippen molar-refractivity contribution in [2.45, 2.75) is 40.5 Å². The Kier molecular flexibility index (Phi) is 5.23. The predicted octanol–water partition coefficient (Wildman–Crippen LogP) is 3.10. The highest BCUT2D eigenvalue weighted by Gasteiger charge is 2.03. The molecule has 0 saturated heterocycles. The maximum atomic E-state index is 5.59. The van der Waals surface area contributed by atoms with Crippen molar-refractivity contribution in [1.29, 1.82) is 0 Å². The number of rotatable bonds is 6. The molecule has 0 fully saturated rings. The molecular formula is C13H22N2O. The first-order valence-corrected chi connectivity index (χ1v) is 6.01. The van der Waals surface area contributed by atoms with Gasteiger partial charge < -0.3 is 4.74 Å². The van der Waals surface area contributed by atoms with Gasteiger partial charge in [-0.15, -0.1) is 0 Å². The van der Waals surface area contributed by atoms with E-state index in [4.69, 9.17) is 4.74 Å². The first kappa shape index (κ1) is 12.9. The van der Waals surface area contributed by atoms with E-state index in [2.05, 4.69) is 37.7 Å². The van der Waals surface area contributed by atoms with Crippen LogP contribution in [-0.4, -0.2) is 16.6 Å². The Labute approximate surface area is 98.3 Å². The molecule has 0 aromatic carbocycles. The van der Waals surface area contributed by atoms with Crippen molar-refractivity contribution in [3.8, 4) is 5.88 Å². The van der Waals surface area contributed by atoms with E-state index in [-0.39, 0.29) is 0 Å². The first-order valence-electron chi connectivity index (χ1n) is 6.01. The summed E-state index contributed by atoms with van der Waals surface area (Å²) < 4.78 is 5.59. The van der Waals surface area contributed by atoms with Crippen LogP contribution >= 0.6 is 0 Å². The lowest BCUT2D eigenvalue weighted by Gasteiger charge is -2.08. The molecule has 1 heterocycles. The van der Waals surface area contributed by atoms with Crippen LogP contribution in [0, 0.1) is 11.8 Å². The molecule has 0 unspecified atom stereocenters. The minimum absolute atomic E-state index is 0.610. The lowest BCUT2D eigenvalue weighted by molar-refractivity contribution is 0.278. The highest BCUT2D eigenvalue weighted by molar-refractivity contribution is 5.13. The molecule has 16 heavy (non-hydrogen) atoms. The third-order valence-electron chi connectivity index (χ3n) is 2.26. The van der Waals surface area contributed by atoms with Crippen molar-refractivity contribution in [1.82, 2.24) is 9.97 Å². The molecule has 0 aliphatic heterocycles. The SMILES string of the molecule is CC(C)CCOc1cc(CC(C)C)ncn1. The van der Waals surface area contributed by atoms with Crippen molar-refractivity contribution in [2.75, 3.05) is 6.61 Å². The van der Waals surface area contributed by atoms with Crippen LogP contribution in [0.15, 0.2) is 12.4 Å². The van der Waals surface area contributed by atoms with E-state index in [0.717, 1.165) is 25.1 Å². The van der Waals surface area contributed by atoms with Gasteiger partial charge in [0.1, 0.15) is 6.33 Å². The number of aromatic nitrogens is 2. The van der Waals surface area contributed by atoms with Gasteiger partial charge in [0.25, 0.3) is 0 Å². The molecule has 0 atom stereocenters. The van der Waals surface area contributed by atoms with E-state index >= 15 is 0 Å². The largest absolute Gasteiger partial charge is 0.478 e. The summed E-state index contributed by atoms with van der Waals surface area (Å²) in [6, 6.07) is 1.94. The van der Waals surface area contributed by atoms with Crippen LogP contribution in [0.25, 0.3) is 0 Å². The Balaban J connectivity index is 2.47. The molecule has 0 aliphatic rings. The van der Waals surface area contributed by atoms with Crippen LogP contribution in [0.5, 0.6) is 5.88 Å². The fourth-order valence-electron chi connectivity index (χ4n) is 1.39. The summed E-state index contributed by atoms with van der Waals surface area (Å²) in [6.45, 7) is 9.47. The van der Waals surface area contributed by atoms with E-state index in [0.29, 0.717) is 17.7 Å². The van der Waals surface area contributed by atoms with Gasteiger partial charge in [0.05, 0.1) is 6.61 Å². The van der Waals surface area contributed by atoms with Crippen molar-refractivity contribution in [3.05, 3.63) is 18.1 Å². The standard InChI is InChI=1S/C13H22N2O/c1-10(2)5-6-16-13-8-12(7-11(3)4)14-9-15-13/h8-11H,5-7H2,1-4H3. The predicted molar refractivity (Wildman–Crippen MR) is 65.5 cm³/mol. The smallest absolute Gasteiger partial charge is 0.216 e. The summed E-state index contributed by atoms with van der Waals surface area (Å²) in [7, 11) is 0. The number of nitrogens with zero attached hydrogens (tertiary/aromatic N) is 2. The van der Waals surface area contributed by atoms with Gasteiger partial charge in [0, 0.05) is 11.8 Å². The number of hydrogen-bond acceptors (Lipinski definition) is 3. The van der Waals surface area contributed by atoms with E-state index in [9.17, 15) is 0 Å². The molecule has 0 aliphatic carbocycles. The maximum Gasteiger partial charge on any atom is 0.216 e. The van der Waals surface area contributed by atoms with Crippen LogP contribution in [0.1, 0.15) is 39.8 Å². The van der Waals surface area contributed by atoms with Gasteiger partial charge in [-0.1, -0.05) is 27.7 Å². The monoisotopic (exact) mass is 222 g/mol. The third-order valence-corrected chi connectivity index (χ3v) is 2.26. The second kappa shape index (κ2) is 6.46. The molecule has 0 radical (unpaired) electrons. The quantitative estimate of drug-likeness (QED) is 0.742. The Morgan fingerprint density at radius 3 is 2.50 bits per heavy atom. The van der Waals surface area contributed by atoms with Crippen molar-refractivity contribution >= 4 is 0 Å². The van der Waals surface area contributed by atoms with Gasteiger partial charge in [-0.3, -0.25) is 0 Å². The van der Waals surface area contributed by atoms with Crippen molar-refractivity contribution in [3.63, 3.8) is 0 Å². The van der Waals surface area contributed by atoms with Crippen LogP contribution in [0.4, 0.5) is 0 Å². The average molecular weight is 222 g/mol. The van der Waals surface area contributed by atoms with E-state index < -0.39 is 0 Å². The molecule has 1 aromatic rings. The molecule has 3 heteroatoms. The van der Waals surface area contributed by atoms with Crippen LogP contribution in [0.2, 0.25) is 0 Å². The topological polar surface area (TPSA) is 35.0 Å². The Morgan fingerprint density at radius 2 is 1.88 bits per heavy atom. The number of hydrogen-bond donors (Lipinski definition) is 0. The zero-order valence-electron chi connectivity index (χ0n) is 10.7. The molecule has 0 bridgehead atoms. The zero-order valence-corrected chi connectivity index (χ0v) is 10.7. The Hall–Kier alpha value is -1.12. The first-order chi connectivity index (χ1) is 7.58. The van der Waals surface area contributed by atoms with Crippen LogP contribution in [-0.2, 0) is 6.42 Å². The summed E-state index contributed by atoms with van der Waals surface area (Å²) in [5.41, 5.74) is 1.06. The Bertz CT molecular complexity index is 311. The van der Waals surface area contributed by atoms with Crippen molar-refractivity contribution in [2.24, 2.45) is 11.8 Å². The lowest BCUT2D eigenvalue weighted by atomic mass is 10.1. The summed E-state index contributed by atoms with van der Waals surface area (Å²) in [6.07, 6.45) is 3.62. The second-order valence-electron chi connectivity index (χ2n) is 4.98. The summed E-state index contributed by atoms with van der Waals surface area (Å²) >= 11 is 0. The minimum Gasteiger partial charge on any atom is -0.478 e. The highest BCUT2D eigenvalue weighted by Crippen LogP contribution is 2.11. The van der Waals surface area contributed by atoms with E-state index in [1.807, 2.05) is 6.07 Å². The molecule has 3 nitrogen and oxygen atoms in total. The molecular weight excluding hydrogens is 200 g/mol. The maximum absolute atomic E-state index is 5.59. The summed E-state index contributed by atoms with van der Waals surface area (Å²) in [5, 5.41) is 0. The molecule has 0 saturated carbocycles. The minimum atomic E-state index is 0.610. The Morgan fingerprint density at radius 1 is 1.12 bits per heavy atom. The lowest BCUT2D eigenvalue weighted by Crippen LogP contribution is -2.04. The van der Waals surface area contributed by atoms with Gasteiger partial charge in [-0.25, -0.2) is 9.97 Å². The third kappa shape index (κ3) is 5.10. The van der Waals surface area contributed by atoms with Crippen LogP contribution < -0.4 is 4.74 Å². The summed E-state index contributed by atoms with van der Waals surface area (Å²) in [5.74, 6) is 1.97. The van der Waals surface area contributed by atoms with E-state index in [1.165, 1.54) is 0 Å². The normalized spacial score (nSPS) is 11.1. The van der Waals surface area contributed by atoms with Gasteiger partial charge >= 0.3 is 0 Å². The van der Waals surface area contributed by atoms with Gasteiger partial charge in [-0.05, 0) is 24.7 Å². The van der Waals surface area contributed by atoms with Gasteiger partial charge in [-0.2, -0.15) is 0 Å².